The number of unbranched alkanes of at least 4 members (excludes halogenated alkanes) is 1. The Bertz CT molecular complexity index is 476. The van der Waals surface area contributed by atoms with Crippen molar-refractivity contribution in [3.63, 3.8) is 0 Å². The van der Waals surface area contributed by atoms with Crippen LogP contribution in [0.1, 0.15) is 51.1 Å². The van der Waals surface area contributed by atoms with Crippen molar-refractivity contribution in [2.45, 2.75) is 51.6 Å². The lowest BCUT2D eigenvalue weighted by Crippen LogP contribution is -2.49. The first-order valence-corrected chi connectivity index (χ1v) is 7.95. The van der Waals surface area contributed by atoms with E-state index in [0.717, 1.165) is 37.1 Å². The fraction of sp³-hybridized carbons (Fsp3) is 0.588. The standard InChI is InChI=1S/C17H26N2O2/c1-3-5-12-19-16(20)11-10-14(18)17(19)13-8-6-7-9-15(13)21-4-2/h6-9,14,17H,3-5,10-12,18H2,1-2H3. The van der Waals surface area contributed by atoms with Crippen LogP contribution in [0, 0.1) is 0 Å². The number of amides is 1. The molecule has 1 heterocycles. The van der Waals surface area contributed by atoms with E-state index in [-0.39, 0.29) is 18.0 Å². The highest BCUT2D eigenvalue weighted by atomic mass is 16.5. The summed E-state index contributed by atoms with van der Waals surface area (Å²) in [7, 11) is 0. The normalized spacial score (nSPS) is 22.4. The maximum atomic E-state index is 12.3. The quantitative estimate of drug-likeness (QED) is 0.876. The van der Waals surface area contributed by atoms with Gasteiger partial charge in [-0.25, -0.2) is 0 Å². The van der Waals surface area contributed by atoms with E-state index >= 15 is 0 Å². The van der Waals surface area contributed by atoms with E-state index in [4.69, 9.17) is 10.5 Å². The number of hydrogen-bond donors (Lipinski definition) is 1. The number of benzene rings is 1. The first-order chi connectivity index (χ1) is 10.2. The van der Waals surface area contributed by atoms with Gasteiger partial charge in [0, 0.05) is 24.6 Å². The van der Waals surface area contributed by atoms with E-state index in [1.165, 1.54) is 0 Å². The number of carbonyl (C=O) groups excluding carboxylic acids is 1. The van der Waals surface area contributed by atoms with Gasteiger partial charge in [0.05, 0.1) is 12.6 Å². The second-order valence-electron chi connectivity index (χ2n) is 5.56. The molecule has 2 rings (SSSR count). The molecule has 21 heavy (non-hydrogen) atoms. The van der Waals surface area contributed by atoms with Crippen molar-refractivity contribution in [1.82, 2.24) is 4.90 Å². The van der Waals surface area contributed by atoms with Crippen molar-refractivity contribution in [2.24, 2.45) is 5.73 Å². The van der Waals surface area contributed by atoms with Gasteiger partial charge in [-0.3, -0.25) is 4.79 Å². The molecule has 1 aromatic rings. The van der Waals surface area contributed by atoms with E-state index < -0.39 is 0 Å². The number of carbonyl (C=O) groups is 1. The van der Waals surface area contributed by atoms with Gasteiger partial charge >= 0.3 is 0 Å². The van der Waals surface area contributed by atoms with Crippen LogP contribution in [0.4, 0.5) is 0 Å². The number of nitrogens with two attached hydrogens (primary N) is 1. The van der Waals surface area contributed by atoms with Gasteiger partial charge in [0.15, 0.2) is 0 Å². The van der Waals surface area contributed by atoms with Gasteiger partial charge in [-0.05, 0) is 25.8 Å². The van der Waals surface area contributed by atoms with Crippen molar-refractivity contribution >= 4 is 5.91 Å². The van der Waals surface area contributed by atoms with Crippen molar-refractivity contribution in [1.29, 1.82) is 0 Å². The summed E-state index contributed by atoms with van der Waals surface area (Å²) >= 11 is 0. The molecule has 0 saturated carbocycles. The van der Waals surface area contributed by atoms with Gasteiger partial charge in [0.2, 0.25) is 5.91 Å². The molecule has 2 atom stereocenters. The highest BCUT2D eigenvalue weighted by Gasteiger charge is 2.35. The number of ether oxygens (including phenoxy) is 1. The first kappa shape index (κ1) is 15.8. The third kappa shape index (κ3) is 3.56. The Kier molecular flexibility index (Phi) is 5.62. The molecule has 1 fully saturated rings. The Hall–Kier alpha value is -1.55. The molecule has 116 valence electrons. The second-order valence-corrected chi connectivity index (χ2v) is 5.56. The molecule has 1 aliphatic rings. The lowest BCUT2D eigenvalue weighted by atomic mass is 9.89. The van der Waals surface area contributed by atoms with Crippen LogP contribution >= 0.6 is 0 Å². The zero-order chi connectivity index (χ0) is 15.2. The molecule has 1 aliphatic heterocycles. The van der Waals surface area contributed by atoms with Crippen molar-refractivity contribution < 1.29 is 9.53 Å². The molecule has 0 spiro atoms. The lowest BCUT2D eigenvalue weighted by molar-refractivity contribution is -0.137. The molecule has 0 aliphatic carbocycles. The number of rotatable bonds is 6. The zero-order valence-corrected chi connectivity index (χ0v) is 13.0. The van der Waals surface area contributed by atoms with Crippen molar-refractivity contribution in [3.05, 3.63) is 29.8 Å². The summed E-state index contributed by atoms with van der Waals surface area (Å²) in [6, 6.07) is 7.85. The van der Waals surface area contributed by atoms with Crippen molar-refractivity contribution in [2.75, 3.05) is 13.2 Å². The molecule has 1 amide bonds. The summed E-state index contributed by atoms with van der Waals surface area (Å²) in [5.41, 5.74) is 7.39. The molecule has 2 N–H and O–H groups in total. The molecule has 4 heteroatoms. The molecule has 0 aromatic heterocycles. The van der Waals surface area contributed by atoms with Gasteiger partial charge in [-0.2, -0.15) is 0 Å². The summed E-state index contributed by atoms with van der Waals surface area (Å²) in [6.45, 7) is 5.49. The molecule has 4 nitrogen and oxygen atoms in total. The molecular weight excluding hydrogens is 264 g/mol. The van der Waals surface area contributed by atoms with Crippen LogP contribution < -0.4 is 10.5 Å². The highest BCUT2D eigenvalue weighted by Crippen LogP contribution is 2.36. The van der Waals surface area contributed by atoms with E-state index in [2.05, 4.69) is 6.92 Å². The Morgan fingerprint density at radius 1 is 1.33 bits per heavy atom. The van der Waals surface area contributed by atoms with E-state index in [0.29, 0.717) is 13.0 Å². The minimum Gasteiger partial charge on any atom is -0.494 e. The zero-order valence-electron chi connectivity index (χ0n) is 13.0. The van der Waals surface area contributed by atoms with Crippen LogP contribution in [0.5, 0.6) is 5.75 Å². The number of para-hydroxylation sites is 1. The third-order valence-corrected chi connectivity index (χ3v) is 4.04. The summed E-state index contributed by atoms with van der Waals surface area (Å²) < 4.78 is 5.73. The molecule has 0 radical (unpaired) electrons. The average Bonchev–Trinajstić information content (AvgIpc) is 2.49. The summed E-state index contributed by atoms with van der Waals surface area (Å²) in [6.07, 6.45) is 3.37. The van der Waals surface area contributed by atoms with Crippen LogP contribution in [0.15, 0.2) is 24.3 Å². The predicted octanol–water partition coefficient (Wildman–Crippen LogP) is 2.88. The van der Waals surface area contributed by atoms with Crippen LogP contribution in [-0.4, -0.2) is 30.0 Å². The van der Waals surface area contributed by atoms with Gasteiger partial charge in [-0.15, -0.1) is 0 Å². The van der Waals surface area contributed by atoms with Gasteiger partial charge in [0.1, 0.15) is 5.75 Å². The van der Waals surface area contributed by atoms with Gasteiger partial charge < -0.3 is 15.4 Å². The Labute approximate surface area is 127 Å². The fourth-order valence-corrected chi connectivity index (χ4v) is 2.98. The van der Waals surface area contributed by atoms with Crippen LogP contribution in [0.2, 0.25) is 0 Å². The number of piperidine rings is 1. The average molecular weight is 290 g/mol. The van der Waals surface area contributed by atoms with Crippen LogP contribution in [0.25, 0.3) is 0 Å². The Morgan fingerprint density at radius 2 is 2.10 bits per heavy atom. The van der Waals surface area contributed by atoms with Crippen molar-refractivity contribution in [3.8, 4) is 5.75 Å². The minimum atomic E-state index is -0.0689. The SMILES string of the molecule is CCCCN1C(=O)CCC(N)C1c1ccccc1OCC. The topological polar surface area (TPSA) is 55.6 Å². The molecule has 1 aromatic carbocycles. The van der Waals surface area contributed by atoms with Crippen LogP contribution in [-0.2, 0) is 4.79 Å². The fourth-order valence-electron chi connectivity index (χ4n) is 2.98. The highest BCUT2D eigenvalue weighted by molar-refractivity contribution is 5.78. The maximum absolute atomic E-state index is 12.3. The number of likely N-dealkylation sites (tertiary alicyclic amines) is 1. The van der Waals surface area contributed by atoms with Crippen LogP contribution in [0.3, 0.4) is 0 Å². The second kappa shape index (κ2) is 7.46. The summed E-state index contributed by atoms with van der Waals surface area (Å²) in [5.74, 6) is 1.05. The maximum Gasteiger partial charge on any atom is 0.223 e. The number of hydrogen-bond acceptors (Lipinski definition) is 3. The monoisotopic (exact) mass is 290 g/mol. The lowest BCUT2D eigenvalue weighted by Gasteiger charge is -2.40. The number of nitrogens with zero attached hydrogens (tertiary/aromatic N) is 1. The molecule has 2 unspecified atom stereocenters. The van der Waals surface area contributed by atoms with E-state index in [1.807, 2.05) is 36.1 Å². The first-order valence-electron chi connectivity index (χ1n) is 7.95. The smallest absolute Gasteiger partial charge is 0.223 e. The van der Waals surface area contributed by atoms with Gasteiger partial charge in [0.25, 0.3) is 0 Å². The summed E-state index contributed by atoms with van der Waals surface area (Å²) in [5, 5.41) is 0. The minimum absolute atomic E-state index is 0.0267. The molecule has 0 bridgehead atoms. The molecular formula is C17H26N2O2. The third-order valence-electron chi connectivity index (χ3n) is 4.04. The largest absolute Gasteiger partial charge is 0.494 e. The Morgan fingerprint density at radius 3 is 2.81 bits per heavy atom. The Balaban J connectivity index is 2.33. The van der Waals surface area contributed by atoms with E-state index in [9.17, 15) is 4.79 Å². The predicted molar refractivity (Wildman–Crippen MR) is 84.2 cm³/mol. The van der Waals surface area contributed by atoms with Gasteiger partial charge in [-0.1, -0.05) is 31.5 Å². The molecule has 1 saturated heterocycles. The van der Waals surface area contributed by atoms with E-state index in [1.54, 1.807) is 0 Å². The summed E-state index contributed by atoms with van der Waals surface area (Å²) in [4.78, 5) is 14.3.